The van der Waals surface area contributed by atoms with Crippen LogP contribution in [0, 0.1) is 0 Å². The normalized spacial score (nSPS) is 36.0. The molecular formula is C8H18O2P+. The molecule has 3 heteroatoms. The monoisotopic (exact) mass is 177 g/mol. The van der Waals surface area contributed by atoms with Crippen LogP contribution in [0.5, 0.6) is 0 Å². The zero-order valence-corrected chi connectivity index (χ0v) is 8.22. The van der Waals surface area contributed by atoms with E-state index >= 15 is 0 Å². The first-order valence-corrected chi connectivity index (χ1v) is 6.55. The van der Waals surface area contributed by atoms with Gasteiger partial charge in [-0.15, -0.1) is 0 Å². The topological polar surface area (TPSA) is 40.5 Å². The molecule has 0 saturated carbocycles. The summed E-state index contributed by atoms with van der Waals surface area (Å²) < 4.78 is 0. The Morgan fingerprint density at radius 3 is 1.64 bits per heavy atom. The molecule has 0 amide bonds. The van der Waals surface area contributed by atoms with Crippen molar-refractivity contribution in [2.24, 2.45) is 0 Å². The van der Waals surface area contributed by atoms with Crippen molar-refractivity contribution in [2.75, 3.05) is 12.7 Å². The van der Waals surface area contributed by atoms with Gasteiger partial charge in [0.2, 0.25) is 0 Å². The lowest BCUT2D eigenvalue weighted by Crippen LogP contribution is -2.17. The van der Waals surface area contributed by atoms with E-state index in [9.17, 15) is 10.2 Å². The quantitative estimate of drug-likeness (QED) is 0.627. The van der Waals surface area contributed by atoms with Crippen molar-refractivity contribution in [1.82, 2.24) is 0 Å². The fourth-order valence-corrected chi connectivity index (χ4v) is 5.43. The van der Waals surface area contributed by atoms with Crippen molar-refractivity contribution in [2.45, 2.75) is 38.0 Å². The molecule has 1 fully saturated rings. The summed E-state index contributed by atoms with van der Waals surface area (Å²) in [4.78, 5) is 0. The maximum Gasteiger partial charge on any atom is 0.156 e. The van der Waals surface area contributed by atoms with E-state index in [-0.39, 0.29) is 12.7 Å². The van der Waals surface area contributed by atoms with E-state index in [0.29, 0.717) is 11.3 Å². The van der Waals surface area contributed by atoms with Gasteiger partial charge >= 0.3 is 0 Å². The molecular weight excluding hydrogens is 159 g/mol. The molecule has 0 aromatic heterocycles. The first-order chi connectivity index (χ1) is 5.17. The molecule has 2 nitrogen and oxygen atoms in total. The number of aliphatic hydroxyl groups is 2. The summed E-state index contributed by atoms with van der Waals surface area (Å²) in [5.41, 5.74) is 1.15. The second kappa shape index (κ2) is 3.38. The minimum absolute atomic E-state index is 0.242. The third-order valence-electron chi connectivity index (χ3n) is 3.28. The molecule has 2 atom stereocenters. The van der Waals surface area contributed by atoms with Crippen LogP contribution >= 0.6 is 7.26 Å². The van der Waals surface area contributed by atoms with Crippen molar-refractivity contribution in [3.05, 3.63) is 0 Å². The Kier molecular flexibility index (Phi) is 2.90. The second-order valence-corrected chi connectivity index (χ2v) is 8.20. The Morgan fingerprint density at radius 2 is 1.45 bits per heavy atom. The third-order valence-corrected chi connectivity index (χ3v) is 8.37. The fourth-order valence-electron chi connectivity index (χ4n) is 2.03. The van der Waals surface area contributed by atoms with Crippen LogP contribution in [0.1, 0.15) is 26.7 Å². The molecule has 0 aliphatic carbocycles. The Labute approximate surface area is 69.0 Å². The van der Waals surface area contributed by atoms with Gasteiger partial charge in [0.25, 0.3) is 0 Å². The molecule has 1 rings (SSSR count). The molecule has 1 aliphatic heterocycles. The maximum absolute atomic E-state index is 9.25. The second-order valence-electron chi connectivity index (χ2n) is 3.66. The van der Waals surface area contributed by atoms with Gasteiger partial charge in [0.05, 0.1) is 18.6 Å². The first-order valence-electron chi connectivity index (χ1n) is 4.25. The summed E-state index contributed by atoms with van der Waals surface area (Å²) in [5, 5.41) is 18.5. The van der Waals surface area contributed by atoms with Crippen LogP contribution in [0.25, 0.3) is 0 Å². The highest BCUT2D eigenvalue weighted by Gasteiger charge is 2.52. The van der Waals surface area contributed by atoms with E-state index in [0.717, 1.165) is 0 Å². The van der Waals surface area contributed by atoms with Crippen molar-refractivity contribution in [1.29, 1.82) is 0 Å². The van der Waals surface area contributed by atoms with Crippen molar-refractivity contribution < 1.29 is 10.2 Å². The van der Waals surface area contributed by atoms with E-state index in [1.807, 2.05) is 0 Å². The van der Waals surface area contributed by atoms with Gasteiger partial charge in [0, 0.05) is 0 Å². The Balaban J connectivity index is 2.76. The minimum atomic E-state index is -1.38. The van der Waals surface area contributed by atoms with E-state index in [1.165, 1.54) is 12.8 Å². The van der Waals surface area contributed by atoms with Gasteiger partial charge in [-0.2, -0.15) is 0 Å². The SMILES string of the molecule is C[C@@H]1CC[C@@H](C)[P+]1(CO)CO. The molecule has 2 N–H and O–H groups in total. The summed E-state index contributed by atoms with van der Waals surface area (Å²) in [5.74, 6) is 0. The lowest BCUT2D eigenvalue weighted by molar-refractivity contribution is 0.335. The Morgan fingerprint density at radius 1 is 1.09 bits per heavy atom. The third kappa shape index (κ3) is 1.32. The highest BCUT2D eigenvalue weighted by molar-refractivity contribution is 7.77. The molecule has 1 aliphatic rings. The molecule has 0 radical (unpaired) electrons. The molecule has 0 bridgehead atoms. The largest absolute Gasteiger partial charge is 0.362 e. The van der Waals surface area contributed by atoms with E-state index < -0.39 is 7.26 Å². The summed E-state index contributed by atoms with van der Waals surface area (Å²) >= 11 is 0. The average Bonchev–Trinajstić information content (AvgIpc) is 2.29. The molecule has 0 aromatic rings. The number of rotatable bonds is 2. The standard InChI is InChI=1S/C8H18O2P/c1-7-3-4-8(2)11(7,5-9)6-10/h7-10H,3-6H2,1-2H3/q+1/t7-,8-/m1/s1. The number of aliphatic hydroxyl groups excluding tert-OH is 2. The van der Waals surface area contributed by atoms with Crippen LogP contribution in [0.2, 0.25) is 0 Å². The highest BCUT2D eigenvalue weighted by Crippen LogP contribution is 2.71. The Hall–Kier alpha value is 0.350. The van der Waals surface area contributed by atoms with Crippen molar-refractivity contribution >= 4 is 7.26 Å². The molecule has 1 saturated heterocycles. The van der Waals surface area contributed by atoms with Crippen LogP contribution in [0.15, 0.2) is 0 Å². The number of hydrogen-bond acceptors (Lipinski definition) is 2. The zero-order valence-electron chi connectivity index (χ0n) is 7.32. The molecule has 1 heterocycles. The average molecular weight is 177 g/mol. The summed E-state index contributed by atoms with van der Waals surface area (Å²) in [6, 6.07) is 0. The smallest absolute Gasteiger partial charge is 0.156 e. The van der Waals surface area contributed by atoms with Gasteiger partial charge in [-0.05, 0) is 26.7 Å². The van der Waals surface area contributed by atoms with E-state index in [4.69, 9.17) is 0 Å². The van der Waals surface area contributed by atoms with Crippen molar-refractivity contribution in [3.8, 4) is 0 Å². The summed E-state index contributed by atoms with van der Waals surface area (Å²) in [6.07, 6.45) is 2.86. The molecule has 11 heavy (non-hydrogen) atoms. The van der Waals surface area contributed by atoms with Crippen molar-refractivity contribution in [3.63, 3.8) is 0 Å². The van der Waals surface area contributed by atoms with Gasteiger partial charge in [0.15, 0.2) is 12.7 Å². The predicted octanol–water partition coefficient (Wildman–Crippen LogP) is 1.47. The van der Waals surface area contributed by atoms with Gasteiger partial charge < -0.3 is 10.2 Å². The summed E-state index contributed by atoms with van der Waals surface area (Å²) in [6.45, 7) is 4.34. The van der Waals surface area contributed by atoms with Crippen LogP contribution in [-0.4, -0.2) is 34.2 Å². The minimum Gasteiger partial charge on any atom is -0.362 e. The van der Waals surface area contributed by atoms with Crippen LogP contribution in [-0.2, 0) is 0 Å². The summed E-state index contributed by atoms with van der Waals surface area (Å²) in [7, 11) is -1.38. The predicted molar refractivity (Wildman–Crippen MR) is 49.2 cm³/mol. The Bertz CT molecular complexity index is 122. The van der Waals surface area contributed by atoms with E-state index in [1.54, 1.807) is 0 Å². The zero-order chi connectivity index (χ0) is 8.48. The lowest BCUT2D eigenvalue weighted by atomic mass is 10.2. The van der Waals surface area contributed by atoms with E-state index in [2.05, 4.69) is 13.8 Å². The fraction of sp³-hybridized carbons (Fsp3) is 1.00. The molecule has 0 unspecified atom stereocenters. The van der Waals surface area contributed by atoms with Gasteiger partial charge in [0.1, 0.15) is 0 Å². The molecule has 0 aromatic carbocycles. The first kappa shape index (κ1) is 9.44. The number of hydrogen-bond donors (Lipinski definition) is 2. The maximum atomic E-state index is 9.25. The van der Waals surface area contributed by atoms with Crippen LogP contribution in [0.3, 0.4) is 0 Å². The van der Waals surface area contributed by atoms with Gasteiger partial charge in [-0.1, -0.05) is 0 Å². The van der Waals surface area contributed by atoms with Gasteiger partial charge in [-0.25, -0.2) is 0 Å². The highest BCUT2D eigenvalue weighted by atomic mass is 31.2. The van der Waals surface area contributed by atoms with Gasteiger partial charge in [-0.3, -0.25) is 0 Å². The van der Waals surface area contributed by atoms with Crippen LogP contribution < -0.4 is 0 Å². The molecule has 66 valence electrons. The lowest BCUT2D eigenvalue weighted by Gasteiger charge is -2.26. The molecule has 0 spiro atoms. The van der Waals surface area contributed by atoms with Crippen LogP contribution in [0.4, 0.5) is 0 Å².